The quantitative estimate of drug-likeness (QED) is 0.483. The third-order valence-corrected chi connectivity index (χ3v) is 4.36. The smallest absolute Gasteiger partial charge is 0.295 e. The minimum atomic E-state index is -0.835. The topological polar surface area (TPSA) is 102 Å². The van der Waals surface area contributed by atoms with Crippen molar-refractivity contribution in [1.82, 2.24) is 10.2 Å². The second-order valence-electron chi connectivity index (χ2n) is 5.82. The normalized spacial score (nSPS) is 23.1. The van der Waals surface area contributed by atoms with Crippen LogP contribution in [0, 0.1) is 15.9 Å². The number of carbonyl (C=O) groups excluding carboxylic acids is 1. The van der Waals surface area contributed by atoms with Gasteiger partial charge in [0, 0.05) is 25.2 Å². The molecule has 2 aliphatic heterocycles. The lowest BCUT2D eigenvalue weighted by Crippen LogP contribution is -2.39. The third-order valence-electron chi connectivity index (χ3n) is 4.36. The van der Waals surface area contributed by atoms with Crippen LogP contribution in [-0.2, 0) is 0 Å². The Morgan fingerprint density at radius 2 is 2.04 bits per heavy atom. The lowest BCUT2D eigenvalue weighted by molar-refractivity contribution is -0.384. The molecule has 1 aromatic carbocycles. The molecular formula is C14H18ClFN4O3. The SMILES string of the molecule is Cl.Nc1c(C(=O)N2CCC3CCC(C2)N3)cc(F)cc1[N+](=O)[O-]. The summed E-state index contributed by atoms with van der Waals surface area (Å²) in [5.41, 5.74) is 4.72. The van der Waals surface area contributed by atoms with Gasteiger partial charge in [0.1, 0.15) is 11.5 Å². The number of hydrogen-bond acceptors (Lipinski definition) is 5. The van der Waals surface area contributed by atoms with E-state index in [-0.39, 0.29) is 29.7 Å². The van der Waals surface area contributed by atoms with Crippen molar-refractivity contribution >= 4 is 29.7 Å². The summed E-state index contributed by atoms with van der Waals surface area (Å²) in [7, 11) is 0. The molecule has 0 spiro atoms. The minimum Gasteiger partial charge on any atom is -0.393 e. The van der Waals surface area contributed by atoms with Gasteiger partial charge in [-0.25, -0.2) is 4.39 Å². The Kier molecular flexibility index (Phi) is 5.06. The van der Waals surface area contributed by atoms with E-state index in [0.717, 1.165) is 31.4 Å². The van der Waals surface area contributed by atoms with E-state index in [1.54, 1.807) is 4.90 Å². The van der Waals surface area contributed by atoms with E-state index in [1.807, 2.05) is 0 Å². The highest BCUT2D eigenvalue weighted by atomic mass is 35.5. The standard InChI is InChI=1S/C14H17FN4O3.ClH/c15-8-5-11(13(16)12(6-8)19(21)22)14(20)18-4-3-9-1-2-10(7-18)17-9;/h5-6,9-10,17H,1-4,7,16H2;1H. The molecule has 0 aromatic heterocycles. The Labute approximate surface area is 138 Å². The summed E-state index contributed by atoms with van der Waals surface area (Å²) < 4.78 is 13.6. The number of nitro groups is 1. The van der Waals surface area contributed by atoms with Crippen LogP contribution in [0.3, 0.4) is 0 Å². The Balaban J connectivity index is 0.00000192. The van der Waals surface area contributed by atoms with Crippen LogP contribution in [0.15, 0.2) is 12.1 Å². The van der Waals surface area contributed by atoms with E-state index in [9.17, 15) is 19.3 Å². The predicted octanol–water partition coefficient (Wildman–Crippen LogP) is 1.70. The highest BCUT2D eigenvalue weighted by Gasteiger charge is 2.33. The van der Waals surface area contributed by atoms with E-state index in [0.29, 0.717) is 19.1 Å². The molecular weight excluding hydrogens is 327 g/mol. The summed E-state index contributed by atoms with van der Waals surface area (Å²) in [5, 5.41) is 14.3. The minimum absolute atomic E-state index is 0. The van der Waals surface area contributed by atoms with E-state index in [1.165, 1.54) is 0 Å². The fourth-order valence-electron chi connectivity index (χ4n) is 3.23. The molecule has 0 radical (unpaired) electrons. The first kappa shape index (κ1) is 17.4. The number of amides is 1. The highest BCUT2D eigenvalue weighted by molar-refractivity contribution is 6.01. The Morgan fingerprint density at radius 3 is 2.74 bits per heavy atom. The van der Waals surface area contributed by atoms with Gasteiger partial charge in [0.2, 0.25) is 0 Å². The number of fused-ring (bicyclic) bond motifs is 2. The van der Waals surface area contributed by atoms with Crippen LogP contribution >= 0.6 is 12.4 Å². The number of anilines is 1. The number of rotatable bonds is 2. The van der Waals surface area contributed by atoms with Crippen LogP contribution in [0.4, 0.5) is 15.8 Å². The van der Waals surface area contributed by atoms with Gasteiger partial charge in [0.25, 0.3) is 11.6 Å². The van der Waals surface area contributed by atoms with Gasteiger partial charge in [-0.05, 0) is 25.3 Å². The third kappa shape index (κ3) is 3.37. The molecule has 2 bridgehead atoms. The maximum absolute atomic E-state index is 13.6. The van der Waals surface area contributed by atoms with E-state index in [4.69, 9.17) is 5.73 Å². The van der Waals surface area contributed by atoms with Gasteiger partial charge >= 0.3 is 0 Å². The first-order valence-corrected chi connectivity index (χ1v) is 7.24. The van der Waals surface area contributed by atoms with Crippen molar-refractivity contribution in [3.63, 3.8) is 0 Å². The molecule has 0 saturated carbocycles. The molecule has 126 valence electrons. The fraction of sp³-hybridized carbons (Fsp3) is 0.500. The monoisotopic (exact) mass is 344 g/mol. The summed E-state index contributed by atoms with van der Waals surface area (Å²) >= 11 is 0. The lowest BCUT2D eigenvalue weighted by atomic mass is 10.1. The predicted molar refractivity (Wildman–Crippen MR) is 85.2 cm³/mol. The lowest BCUT2D eigenvalue weighted by Gasteiger charge is -2.24. The van der Waals surface area contributed by atoms with Crippen molar-refractivity contribution in [3.05, 3.63) is 33.6 Å². The molecule has 2 fully saturated rings. The van der Waals surface area contributed by atoms with Gasteiger partial charge in [0.15, 0.2) is 0 Å². The first-order chi connectivity index (χ1) is 10.5. The molecule has 3 N–H and O–H groups in total. The van der Waals surface area contributed by atoms with Gasteiger partial charge in [-0.1, -0.05) is 0 Å². The zero-order valence-electron chi connectivity index (χ0n) is 12.3. The van der Waals surface area contributed by atoms with Crippen LogP contribution in [0.2, 0.25) is 0 Å². The first-order valence-electron chi connectivity index (χ1n) is 7.24. The molecule has 1 aromatic rings. The van der Waals surface area contributed by atoms with Crippen molar-refractivity contribution in [2.24, 2.45) is 0 Å². The number of carbonyl (C=O) groups is 1. The number of hydrogen-bond donors (Lipinski definition) is 2. The van der Waals surface area contributed by atoms with Crippen molar-refractivity contribution in [1.29, 1.82) is 0 Å². The average Bonchev–Trinajstić information content (AvgIpc) is 2.79. The average molecular weight is 345 g/mol. The fourth-order valence-corrected chi connectivity index (χ4v) is 3.23. The Hall–Kier alpha value is -1.93. The number of nitrogens with one attached hydrogen (secondary N) is 1. The van der Waals surface area contributed by atoms with Crippen molar-refractivity contribution in [2.45, 2.75) is 31.3 Å². The van der Waals surface area contributed by atoms with Gasteiger partial charge in [0.05, 0.1) is 16.6 Å². The number of nitrogens with zero attached hydrogens (tertiary/aromatic N) is 2. The second-order valence-corrected chi connectivity index (χ2v) is 5.82. The van der Waals surface area contributed by atoms with E-state index < -0.39 is 22.3 Å². The maximum Gasteiger partial charge on any atom is 0.295 e. The second kappa shape index (κ2) is 6.67. The highest BCUT2D eigenvalue weighted by Crippen LogP contribution is 2.29. The van der Waals surface area contributed by atoms with Crippen LogP contribution in [0.5, 0.6) is 0 Å². The number of benzene rings is 1. The van der Waals surface area contributed by atoms with Crippen LogP contribution < -0.4 is 11.1 Å². The number of nitro benzene ring substituents is 1. The largest absolute Gasteiger partial charge is 0.393 e. The molecule has 1 amide bonds. The molecule has 9 heteroatoms. The zero-order valence-corrected chi connectivity index (χ0v) is 13.1. The van der Waals surface area contributed by atoms with Crippen LogP contribution in [0.1, 0.15) is 29.6 Å². The number of nitrogens with two attached hydrogens (primary N) is 1. The van der Waals surface area contributed by atoms with Crippen LogP contribution in [-0.4, -0.2) is 40.9 Å². The van der Waals surface area contributed by atoms with Crippen molar-refractivity contribution < 1.29 is 14.1 Å². The molecule has 2 aliphatic rings. The summed E-state index contributed by atoms with van der Waals surface area (Å²) in [6, 6.07) is 2.34. The summed E-state index contributed by atoms with van der Waals surface area (Å²) in [6.07, 6.45) is 2.91. The van der Waals surface area contributed by atoms with Crippen LogP contribution in [0.25, 0.3) is 0 Å². The van der Waals surface area contributed by atoms with Gasteiger partial charge < -0.3 is 16.0 Å². The summed E-state index contributed by atoms with van der Waals surface area (Å²) in [6.45, 7) is 1.05. The molecule has 2 heterocycles. The van der Waals surface area contributed by atoms with Gasteiger partial charge in [-0.2, -0.15) is 0 Å². The number of likely N-dealkylation sites (tertiary alicyclic amines) is 1. The molecule has 2 unspecified atom stereocenters. The number of nitrogen functional groups attached to an aromatic ring is 1. The van der Waals surface area contributed by atoms with E-state index >= 15 is 0 Å². The van der Waals surface area contributed by atoms with Crippen molar-refractivity contribution in [3.8, 4) is 0 Å². The van der Waals surface area contributed by atoms with Gasteiger partial charge in [-0.15, -0.1) is 12.4 Å². The van der Waals surface area contributed by atoms with Gasteiger partial charge in [-0.3, -0.25) is 14.9 Å². The number of halogens is 2. The Bertz CT molecular complexity index is 643. The zero-order chi connectivity index (χ0) is 15.9. The van der Waals surface area contributed by atoms with Crippen molar-refractivity contribution in [2.75, 3.05) is 18.8 Å². The molecule has 3 rings (SSSR count). The molecule has 2 atom stereocenters. The molecule has 0 aliphatic carbocycles. The van der Waals surface area contributed by atoms with E-state index in [2.05, 4.69) is 5.32 Å². The molecule has 7 nitrogen and oxygen atoms in total. The molecule has 23 heavy (non-hydrogen) atoms. The molecule has 2 saturated heterocycles. The Morgan fingerprint density at radius 1 is 1.35 bits per heavy atom. The summed E-state index contributed by atoms with van der Waals surface area (Å²) in [4.78, 5) is 24.3. The summed E-state index contributed by atoms with van der Waals surface area (Å²) in [5.74, 6) is -1.28. The maximum atomic E-state index is 13.6.